The fourth-order valence-corrected chi connectivity index (χ4v) is 2.93. The summed E-state index contributed by atoms with van der Waals surface area (Å²) in [6.45, 7) is 3.28. The summed E-state index contributed by atoms with van der Waals surface area (Å²) in [6, 6.07) is 13.5. The summed E-state index contributed by atoms with van der Waals surface area (Å²) in [5.41, 5.74) is 2.07. The molecule has 1 aliphatic heterocycles. The first kappa shape index (κ1) is 20.2. The second kappa shape index (κ2) is 8.24. The number of aliphatic carboxylic acids is 1. The van der Waals surface area contributed by atoms with E-state index < -0.39 is 23.9 Å². The van der Waals surface area contributed by atoms with E-state index in [1.807, 2.05) is 19.1 Å². The predicted octanol–water partition coefficient (Wildman–Crippen LogP) is 1.34. The number of anilines is 1. The van der Waals surface area contributed by atoms with Crippen molar-refractivity contribution in [3.63, 3.8) is 0 Å². The van der Waals surface area contributed by atoms with E-state index in [4.69, 9.17) is 17.0 Å². The maximum absolute atomic E-state index is 12.9. The molecule has 2 amide bonds. The van der Waals surface area contributed by atoms with Crippen LogP contribution in [0.2, 0.25) is 0 Å². The van der Waals surface area contributed by atoms with Gasteiger partial charge in [-0.15, -0.1) is 0 Å². The van der Waals surface area contributed by atoms with Gasteiger partial charge in [-0.1, -0.05) is 29.8 Å². The van der Waals surface area contributed by atoms with Crippen molar-refractivity contribution in [2.24, 2.45) is 0 Å². The fraction of sp³-hybridized carbons (Fsp3) is 0.143. The van der Waals surface area contributed by atoms with Crippen molar-refractivity contribution >= 4 is 46.9 Å². The van der Waals surface area contributed by atoms with Gasteiger partial charge in [-0.3, -0.25) is 19.8 Å². The largest absolute Gasteiger partial charge is 0.546 e. The molecule has 1 aliphatic rings. The van der Waals surface area contributed by atoms with Crippen molar-refractivity contribution < 1.29 is 24.2 Å². The third-order valence-corrected chi connectivity index (χ3v) is 4.51. The first-order chi connectivity index (χ1) is 13.8. The van der Waals surface area contributed by atoms with Gasteiger partial charge in [0.15, 0.2) is 5.11 Å². The lowest BCUT2D eigenvalue weighted by Gasteiger charge is -2.29. The molecule has 1 saturated heterocycles. The minimum atomic E-state index is -1.33. The number of nitrogens with zero attached hydrogens (tertiary/aromatic N) is 1. The molecule has 2 aromatic rings. The molecule has 0 saturated carbocycles. The first-order valence-corrected chi connectivity index (χ1v) is 9.13. The molecule has 0 aromatic heterocycles. The van der Waals surface area contributed by atoms with Crippen molar-refractivity contribution in [1.29, 1.82) is 0 Å². The first-order valence-electron chi connectivity index (χ1n) is 8.72. The molecule has 0 aliphatic carbocycles. The van der Waals surface area contributed by atoms with Gasteiger partial charge in [-0.2, -0.15) is 0 Å². The molecule has 0 radical (unpaired) electrons. The van der Waals surface area contributed by atoms with Gasteiger partial charge in [0.1, 0.15) is 17.4 Å². The predicted molar refractivity (Wildman–Crippen MR) is 109 cm³/mol. The number of rotatable bonds is 5. The minimum Gasteiger partial charge on any atom is -0.546 e. The smallest absolute Gasteiger partial charge is 0.270 e. The minimum absolute atomic E-state index is 0.0148. The fourth-order valence-electron chi connectivity index (χ4n) is 2.65. The highest BCUT2D eigenvalue weighted by atomic mass is 32.1. The molecular formula is C21H17N2O5S-. The van der Waals surface area contributed by atoms with Crippen LogP contribution in [0.15, 0.2) is 54.1 Å². The summed E-state index contributed by atoms with van der Waals surface area (Å²) in [5.74, 6) is -2.12. The third-order valence-electron chi connectivity index (χ3n) is 4.23. The quantitative estimate of drug-likeness (QED) is 0.455. The lowest BCUT2D eigenvalue weighted by atomic mass is 10.1. The van der Waals surface area contributed by atoms with Gasteiger partial charge in [-0.05, 0) is 62.0 Å². The second-order valence-electron chi connectivity index (χ2n) is 6.44. The normalized spacial score (nSPS) is 16.6. The van der Waals surface area contributed by atoms with Crippen LogP contribution < -0.4 is 20.1 Å². The SMILES string of the molecule is Cc1ccc(N2C(=O)/C(=C/c3ccc(O[C@H](C)C(=O)[O-])cc3)C(=O)NC2=S)cc1. The molecular weight excluding hydrogens is 392 g/mol. The lowest BCUT2D eigenvalue weighted by Crippen LogP contribution is -2.54. The Balaban J connectivity index is 1.86. The van der Waals surface area contributed by atoms with Gasteiger partial charge >= 0.3 is 0 Å². The van der Waals surface area contributed by atoms with Crippen LogP contribution in [-0.4, -0.2) is 29.0 Å². The van der Waals surface area contributed by atoms with Gasteiger partial charge in [0.05, 0.1) is 11.7 Å². The zero-order chi connectivity index (χ0) is 21.1. The Morgan fingerprint density at radius 1 is 1.14 bits per heavy atom. The van der Waals surface area contributed by atoms with Crippen LogP contribution in [0.5, 0.6) is 5.75 Å². The Morgan fingerprint density at radius 2 is 1.76 bits per heavy atom. The highest BCUT2D eigenvalue weighted by Gasteiger charge is 2.34. The van der Waals surface area contributed by atoms with E-state index in [9.17, 15) is 19.5 Å². The number of carbonyl (C=O) groups is 3. The molecule has 1 N–H and O–H groups in total. The highest BCUT2D eigenvalue weighted by molar-refractivity contribution is 7.80. The van der Waals surface area contributed by atoms with Crippen LogP contribution in [0.4, 0.5) is 5.69 Å². The molecule has 1 heterocycles. The van der Waals surface area contributed by atoms with E-state index in [2.05, 4.69) is 5.32 Å². The third kappa shape index (κ3) is 4.49. The standard InChI is InChI=1S/C21H18N2O5S/c1-12-3-7-15(8-4-12)23-19(25)17(18(24)22-21(23)29)11-14-5-9-16(10-6-14)28-13(2)20(26)27/h3-11,13H,1-2H3,(H,26,27)(H,22,24,29)/p-1/b17-11+/t13-/m1/s1. The van der Waals surface area contributed by atoms with E-state index >= 15 is 0 Å². The molecule has 29 heavy (non-hydrogen) atoms. The maximum Gasteiger partial charge on any atom is 0.270 e. The molecule has 148 valence electrons. The van der Waals surface area contributed by atoms with Crippen LogP contribution in [0.3, 0.4) is 0 Å². The number of carboxylic acids is 1. The number of nitrogens with one attached hydrogen (secondary N) is 1. The zero-order valence-corrected chi connectivity index (χ0v) is 16.5. The Kier molecular flexibility index (Phi) is 5.74. The molecule has 0 unspecified atom stereocenters. The Hall–Kier alpha value is -3.52. The van der Waals surface area contributed by atoms with Crippen molar-refractivity contribution in [1.82, 2.24) is 5.32 Å². The van der Waals surface area contributed by atoms with E-state index in [1.165, 1.54) is 17.9 Å². The Morgan fingerprint density at radius 3 is 2.34 bits per heavy atom. The van der Waals surface area contributed by atoms with Crippen molar-refractivity contribution in [2.75, 3.05) is 4.90 Å². The monoisotopic (exact) mass is 409 g/mol. The number of hydrogen-bond acceptors (Lipinski definition) is 6. The summed E-state index contributed by atoms with van der Waals surface area (Å²) < 4.78 is 5.21. The summed E-state index contributed by atoms with van der Waals surface area (Å²) >= 11 is 5.17. The summed E-state index contributed by atoms with van der Waals surface area (Å²) in [7, 11) is 0. The summed E-state index contributed by atoms with van der Waals surface area (Å²) in [5, 5.41) is 13.3. The highest BCUT2D eigenvalue weighted by Crippen LogP contribution is 2.23. The van der Waals surface area contributed by atoms with E-state index in [0.29, 0.717) is 17.0 Å². The average Bonchev–Trinajstić information content (AvgIpc) is 2.67. The molecule has 8 heteroatoms. The van der Waals surface area contributed by atoms with Crippen molar-refractivity contribution in [3.8, 4) is 5.75 Å². The van der Waals surface area contributed by atoms with Gasteiger partial charge < -0.3 is 14.6 Å². The Bertz CT molecular complexity index is 1010. The topological polar surface area (TPSA) is 98.8 Å². The molecule has 1 fully saturated rings. The second-order valence-corrected chi connectivity index (χ2v) is 6.83. The number of carbonyl (C=O) groups excluding carboxylic acids is 3. The van der Waals surface area contributed by atoms with Gasteiger partial charge in [0.2, 0.25) is 0 Å². The summed E-state index contributed by atoms with van der Waals surface area (Å²) in [6.07, 6.45) is 0.334. The van der Waals surface area contributed by atoms with Gasteiger partial charge in [-0.25, -0.2) is 0 Å². The van der Waals surface area contributed by atoms with Crippen LogP contribution >= 0.6 is 12.2 Å². The average molecular weight is 409 g/mol. The molecule has 2 aromatic carbocycles. The number of carboxylic acid groups (broad SMARTS) is 1. The molecule has 3 rings (SSSR count). The molecule has 0 bridgehead atoms. The number of hydrogen-bond donors (Lipinski definition) is 1. The maximum atomic E-state index is 12.9. The number of aryl methyl sites for hydroxylation is 1. The number of benzene rings is 2. The summed E-state index contributed by atoms with van der Waals surface area (Å²) in [4.78, 5) is 37.3. The number of thiocarbonyl (C=S) groups is 1. The van der Waals surface area contributed by atoms with E-state index in [1.54, 1.807) is 36.4 Å². The lowest BCUT2D eigenvalue weighted by molar-refractivity contribution is -0.312. The molecule has 0 spiro atoms. The zero-order valence-electron chi connectivity index (χ0n) is 15.7. The van der Waals surface area contributed by atoms with Crippen LogP contribution in [-0.2, 0) is 14.4 Å². The number of ether oxygens (including phenoxy) is 1. The van der Waals surface area contributed by atoms with Crippen molar-refractivity contribution in [3.05, 3.63) is 65.2 Å². The van der Waals surface area contributed by atoms with Gasteiger partial charge in [0.25, 0.3) is 11.8 Å². The van der Waals surface area contributed by atoms with Crippen molar-refractivity contribution in [2.45, 2.75) is 20.0 Å². The molecule has 1 atom stereocenters. The van der Waals surface area contributed by atoms with Gasteiger partial charge in [0, 0.05) is 0 Å². The van der Waals surface area contributed by atoms with Crippen LogP contribution in [0.1, 0.15) is 18.1 Å². The Labute approximate surface area is 172 Å². The molecule has 7 nitrogen and oxygen atoms in total. The van der Waals surface area contributed by atoms with Crippen LogP contribution in [0.25, 0.3) is 6.08 Å². The van der Waals surface area contributed by atoms with E-state index in [0.717, 1.165) is 5.56 Å². The van der Waals surface area contributed by atoms with Crippen LogP contribution in [0, 0.1) is 6.92 Å². The van der Waals surface area contributed by atoms with E-state index in [-0.39, 0.29) is 10.7 Å². The number of amides is 2.